The minimum Gasteiger partial charge on any atom is -0.266 e. The normalized spacial score (nSPS) is 12.9. The molecule has 0 saturated carbocycles. The quantitative estimate of drug-likeness (QED) is 0.530. The first-order valence-electron chi connectivity index (χ1n) is 4.02. The molecule has 0 bridgehead atoms. The van der Waals surface area contributed by atoms with Crippen LogP contribution in [0.5, 0.6) is 0 Å². The molecule has 58 valence electrons. The summed E-state index contributed by atoms with van der Waals surface area (Å²) in [6.07, 6.45) is 7.36. The van der Waals surface area contributed by atoms with Gasteiger partial charge in [-0.15, -0.1) is 0 Å². The van der Waals surface area contributed by atoms with Gasteiger partial charge in [-0.3, -0.25) is 4.99 Å². The van der Waals surface area contributed by atoms with Crippen LogP contribution in [0.15, 0.2) is 16.8 Å². The van der Waals surface area contributed by atoms with Crippen LogP contribution in [0.25, 0.3) is 0 Å². The number of allylic oxidation sites excluding steroid dienone is 2. The molecule has 0 atom stereocenters. The maximum absolute atomic E-state index is 4.29. The Bertz CT molecular complexity index is 123. The molecule has 0 rings (SSSR count). The lowest BCUT2D eigenvalue weighted by Crippen LogP contribution is -1.78. The monoisotopic (exact) mass is 139 g/mol. The molecule has 0 unspecified atom stereocenters. The molecule has 0 aliphatic heterocycles. The van der Waals surface area contributed by atoms with Crippen LogP contribution in [-0.4, -0.2) is 6.21 Å². The highest BCUT2D eigenvalue weighted by Crippen LogP contribution is 2.04. The van der Waals surface area contributed by atoms with Gasteiger partial charge in [-0.05, 0) is 19.8 Å². The van der Waals surface area contributed by atoms with Crippen LogP contribution >= 0.6 is 0 Å². The van der Waals surface area contributed by atoms with E-state index in [0.717, 1.165) is 12.8 Å². The number of nitrogens with zero attached hydrogens (tertiary/aromatic N) is 1. The van der Waals surface area contributed by atoms with Crippen molar-refractivity contribution in [3.8, 4) is 0 Å². The Labute approximate surface area is 63.9 Å². The van der Waals surface area contributed by atoms with Gasteiger partial charge in [0, 0.05) is 11.9 Å². The molecule has 0 amide bonds. The lowest BCUT2D eigenvalue weighted by molar-refractivity contribution is 0.891. The zero-order valence-corrected chi connectivity index (χ0v) is 7.22. The van der Waals surface area contributed by atoms with Gasteiger partial charge in [0.15, 0.2) is 0 Å². The lowest BCUT2D eigenvalue weighted by Gasteiger charge is -1.95. The first-order chi connectivity index (χ1) is 4.85. The Morgan fingerprint density at radius 2 is 2.10 bits per heavy atom. The van der Waals surface area contributed by atoms with E-state index in [1.807, 2.05) is 13.1 Å². The fourth-order valence-electron chi connectivity index (χ4n) is 0.748. The molecular weight excluding hydrogens is 122 g/mol. The van der Waals surface area contributed by atoms with Crippen LogP contribution in [0, 0.1) is 0 Å². The molecular formula is C9H17N. The predicted octanol–water partition coefficient (Wildman–Crippen LogP) is 3.17. The average molecular weight is 139 g/mol. The van der Waals surface area contributed by atoms with Gasteiger partial charge in [-0.2, -0.15) is 0 Å². The van der Waals surface area contributed by atoms with Crippen LogP contribution < -0.4 is 0 Å². The maximum Gasteiger partial charge on any atom is 0.0357 e. The minimum atomic E-state index is 1.03. The second-order valence-corrected chi connectivity index (χ2v) is 2.25. The zero-order valence-electron chi connectivity index (χ0n) is 7.22. The van der Waals surface area contributed by atoms with E-state index in [-0.39, 0.29) is 0 Å². The molecule has 0 aromatic rings. The molecule has 10 heavy (non-hydrogen) atoms. The Kier molecular flexibility index (Phi) is 6.14. The standard InChI is InChI=1S/C9H17N/c1-4-7-9(6-3)10-8-5-2/h6,8H,4-5,7H2,1-3H3/b9-6-,10-8?. The molecule has 0 spiro atoms. The zero-order chi connectivity index (χ0) is 7.82. The van der Waals surface area contributed by atoms with E-state index < -0.39 is 0 Å². The smallest absolute Gasteiger partial charge is 0.0357 e. The van der Waals surface area contributed by atoms with E-state index in [4.69, 9.17) is 0 Å². The Morgan fingerprint density at radius 1 is 1.40 bits per heavy atom. The summed E-state index contributed by atoms with van der Waals surface area (Å²) in [4.78, 5) is 4.29. The molecule has 0 saturated heterocycles. The third-order valence-corrected chi connectivity index (χ3v) is 1.28. The van der Waals surface area contributed by atoms with Gasteiger partial charge in [0.2, 0.25) is 0 Å². The van der Waals surface area contributed by atoms with Gasteiger partial charge in [-0.25, -0.2) is 0 Å². The highest BCUT2D eigenvalue weighted by Gasteiger charge is 1.86. The number of hydrogen-bond acceptors (Lipinski definition) is 1. The van der Waals surface area contributed by atoms with Crippen molar-refractivity contribution in [1.29, 1.82) is 0 Å². The second-order valence-electron chi connectivity index (χ2n) is 2.25. The Balaban J connectivity index is 3.72. The van der Waals surface area contributed by atoms with Crippen molar-refractivity contribution in [2.45, 2.75) is 40.0 Å². The van der Waals surface area contributed by atoms with Gasteiger partial charge in [-0.1, -0.05) is 26.3 Å². The summed E-state index contributed by atoms with van der Waals surface area (Å²) in [5.74, 6) is 0. The number of aliphatic imine (C=N–C) groups is 1. The van der Waals surface area contributed by atoms with E-state index in [0.29, 0.717) is 0 Å². The van der Waals surface area contributed by atoms with E-state index in [1.165, 1.54) is 12.1 Å². The van der Waals surface area contributed by atoms with E-state index in [2.05, 4.69) is 24.9 Å². The summed E-state index contributed by atoms with van der Waals surface area (Å²) in [7, 11) is 0. The first kappa shape index (κ1) is 9.41. The summed E-state index contributed by atoms with van der Waals surface area (Å²) in [5.41, 5.74) is 1.21. The van der Waals surface area contributed by atoms with Crippen LogP contribution in [0.3, 0.4) is 0 Å². The Hall–Kier alpha value is -0.590. The summed E-state index contributed by atoms with van der Waals surface area (Å²) >= 11 is 0. The van der Waals surface area contributed by atoms with Crippen molar-refractivity contribution >= 4 is 6.21 Å². The van der Waals surface area contributed by atoms with Crippen molar-refractivity contribution in [2.75, 3.05) is 0 Å². The summed E-state index contributed by atoms with van der Waals surface area (Å²) in [5, 5.41) is 0. The van der Waals surface area contributed by atoms with Crippen LogP contribution in [0.1, 0.15) is 40.0 Å². The molecule has 0 fully saturated rings. The molecule has 0 N–H and O–H groups in total. The molecule has 0 aromatic carbocycles. The highest BCUT2D eigenvalue weighted by atomic mass is 14.7. The van der Waals surface area contributed by atoms with Crippen molar-refractivity contribution in [3.05, 3.63) is 11.8 Å². The van der Waals surface area contributed by atoms with E-state index in [1.54, 1.807) is 0 Å². The largest absolute Gasteiger partial charge is 0.266 e. The summed E-state index contributed by atoms with van der Waals surface area (Å²) in [6.45, 7) is 6.31. The lowest BCUT2D eigenvalue weighted by atomic mass is 10.2. The van der Waals surface area contributed by atoms with Crippen LogP contribution in [0.2, 0.25) is 0 Å². The molecule has 1 nitrogen and oxygen atoms in total. The van der Waals surface area contributed by atoms with Crippen molar-refractivity contribution < 1.29 is 0 Å². The van der Waals surface area contributed by atoms with Gasteiger partial charge in [0.25, 0.3) is 0 Å². The van der Waals surface area contributed by atoms with Crippen LogP contribution in [0.4, 0.5) is 0 Å². The van der Waals surface area contributed by atoms with Gasteiger partial charge in [0.1, 0.15) is 0 Å². The highest BCUT2D eigenvalue weighted by molar-refractivity contribution is 5.58. The van der Waals surface area contributed by atoms with Gasteiger partial charge >= 0.3 is 0 Å². The van der Waals surface area contributed by atoms with Crippen molar-refractivity contribution in [3.63, 3.8) is 0 Å². The van der Waals surface area contributed by atoms with Crippen molar-refractivity contribution in [1.82, 2.24) is 0 Å². The molecule has 0 aromatic heterocycles. The van der Waals surface area contributed by atoms with Gasteiger partial charge < -0.3 is 0 Å². The SMILES string of the molecule is C/C=C(/CCC)N=CCC. The second kappa shape index (κ2) is 6.53. The van der Waals surface area contributed by atoms with Crippen molar-refractivity contribution in [2.24, 2.45) is 4.99 Å². The molecule has 0 aliphatic rings. The summed E-state index contributed by atoms with van der Waals surface area (Å²) in [6, 6.07) is 0. The molecule has 0 aliphatic carbocycles. The average Bonchev–Trinajstić information content (AvgIpc) is 1.98. The first-order valence-corrected chi connectivity index (χ1v) is 4.02. The third-order valence-electron chi connectivity index (χ3n) is 1.28. The molecule has 0 radical (unpaired) electrons. The molecule has 0 heterocycles. The van der Waals surface area contributed by atoms with E-state index in [9.17, 15) is 0 Å². The predicted molar refractivity (Wildman–Crippen MR) is 47.4 cm³/mol. The number of rotatable bonds is 4. The van der Waals surface area contributed by atoms with Crippen LogP contribution in [-0.2, 0) is 0 Å². The fraction of sp³-hybridized carbons (Fsp3) is 0.667. The fourth-order valence-corrected chi connectivity index (χ4v) is 0.748. The maximum atomic E-state index is 4.29. The summed E-state index contributed by atoms with van der Waals surface area (Å²) < 4.78 is 0. The Morgan fingerprint density at radius 3 is 2.50 bits per heavy atom. The third kappa shape index (κ3) is 4.30. The van der Waals surface area contributed by atoms with E-state index >= 15 is 0 Å². The minimum absolute atomic E-state index is 1.03. The topological polar surface area (TPSA) is 12.4 Å². The molecule has 1 heteroatoms. The number of hydrogen-bond donors (Lipinski definition) is 0. The van der Waals surface area contributed by atoms with Gasteiger partial charge in [0.05, 0.1) is 0 Å².